The van der Waals surface area contributed by atoms with Crippen molar-refractivity contribution < 1.29 is 5.11 Å². The molecule has 3 nitrogen and oxygen atoms in total. The number of nitrogens with zero attached hydrogens (tertiary/aromatic N) is 2. The predicted octanol–water partition coefficient (Wildman–Crippen LogP) is 2.46. The minimum Gasteiger partial charge on any atom is -0.396 e. The first-order valence-electron chi connectivity index (χ1n) is 5.98. The van der Waals surface area contributed by atoms with Gasteiger partial charge in [0.05, 0.1) is 11.3 Å². The highest BCUT2D eigenvalue weighted by atomic mass is 16.3. The van der Waals surface area contributed by atoms with Crippen LogP contribution in [0, 0.1) is 18.3 Å². The first kappa shape index (κ1) is 13.5. The van der Waals surface area contributed by atoms with Crippen molar-refractivity contribution in [2.24, 2.45) is 0 Å². The van der Waals surface area contributed by atoms with E-state index < -0.39 is 0 Å². The summed E-state index contributed by atoms with van der Waals surface area (Å²) in [6, 6.07) is 8.39. The number of hydrogen-bond acceptors (Lipinski definition) is 3. The second-order valence-corrected chi connectivity index (χ2v) is 4.50. The van der Waals surface area contributed by atoms with Crippen LogP contribution in [-0.2, 0) is 0 Å². The third-order valence-corrected chi connectivity index (χ3v) is 2.76. The molecule has 0 fully saturated rings. The number of nitriles is 1. The molecule has 0 atom stereocenters. The van der Waals surface area contributed by atoms with E-state index in [1.807, 2.05) is 25.1 Å². The first-order valence-corrected chi connectivity index (χ1v) is 5.98. The van der Waals surface area contributed by atoms with Crippen LogP contribution in [0.1, 0.15) is 31.4 Å². The second-order valence-electron chi connectivity index (χ2n) is 4.50. The van der Waals surface area contributed by atoms with Crippen LogP contribution in [0.25, 0.3) is 0 Å². The lowest BCUT2D eigenvalue weighted by molar-refractivity contribution is 0.288. The zero-order valence-electron chi connectivity index (χ0n) is 10.8. The molecule has 17 heavy (non-hydrogen) atoms. The minimum absolute atomic E-state index is 0.178. The molecule has 3 heteroatoms. The third-order valence-electron chi connectivity index (χ3n) is 2.76. The van der Waals surface area contributed by atoms with Crippen molar-refractivity contribution in [3.05, 3.63) is 29.3 Å². The molecule has 0 heterocycles. The lowest BCUT2D eigenvalue weighted by Crippen LogP contribution is -2.32. The Morgan fingerprint density at radius 1 is 1.41 bits per heavy atom. The standard InChI is InChI=1S/C14H20N2O/c1-11(2)16(7-4-8-17)14-9-12(3)5-6-13(14)10-15/h5-6,9,11,17H,4,7-8H2,1-3H3. The minimum atomic E-state index is 0.178. The van der Waals surface area contributed by atoms with Gasteiger partial charge in [-0.1, -0.05) is 6.07 Å². The fraction of sp³-hybridized carbons (Fsp3) is 0.500. The lowest BCUT2D eigenvalue weighted by atomic mass is 10.1. The fourth-order valence-electron chi connectivity index (χ4n) is 1.87. The van der Waals surface area contributed by atoms with Crippen molar-refractivity contribution in [3.63, 3.8) is 0 Å². The number of aliphatic hydroxyl groups excluding tert-OH is 1. The Morgan fingerprint density at radius 3 is 2.65 bits per heavy atom. The van der Waals surface area contributed by atoms with Gasteiger partial charge in [-0.15, -0.1) is 0 Å². The van der Waals surface area contributed by atoms with Crippen molar-refractivity contribution >= 4 is 5.69 Å². The van der Waals surface area contributed by atoms with E-state index in [0.29, 0.717) is 11.6 Å². The highest BCUT2D eigenvalue weighted by molar-refractivity contribution is 5.61. The molecule has 1 aromatic rings. The molecule has 0 saturated heterocycles. The van der Waals surface area contributed by atoms with E-state index in [1.165, 1.54) is 0 Å². The van der Waals surface area contributed by atoms with Crippen LogP contribution in [0.5, 0.6) is 0 Å². The molecule has 1 rings (SSSR count). The van der Waals surface area contributed by atoms with Crippen molar-refractivity contribution in [2.75, 3.05) is 18.1 Å². The van der Waals surface area contributed by atoms with Crippen molar-refractivity contribution in [1.29, 1.82) is 5.26 Å². The van der Waals surface area contributed by atoms with Crippen LogP contribution in [0.4, 0.5) is 5.69 Å². The number of aliphatic hydroxyl groups is 1. The van der Waals surface area contributed by atoms with Crippen LogP contribution in [0.15, 0.2) is 18.2 Å². The summed E-state index contributed by atoms with van der Waals surface area (Å²) < 4.78 is 0. The molecular weight excluding hydrogens is 212 g/mol. The number of hydrogen-bond donors (Lipinski definition) is 1. The Balaban J connectivity index is 3.08. The summed E-state index contributed by atoms with van der Waals surface area (Å²) in [4.78, 5) is 2.17. The summed E-state index contributed by atoms with van der Waals surface area (Å²) >= 11 is 0. The smallest absolute Gasteiger partial charge is 0.101 e. The Kier molecular flexibility index (Phi) is 4.99. The van der Waals surface area contributed by atoms with Crippen LogP contribution >= 0.6 is 0 Å². The molecule has 0 aliphatic heterocycles. The average Bonchev–Trinajstić information content (AvgIpc) is 2.29. The van der Waals surface area contributed by atoms with Crippen molar-refractivity contribution in [1.82, 2.24) is 0 Å². The zero-order valence-corrected chi connectivity index (χ0v) is 10.8. The Hall–Kier alpha value is -1.53. The Bertz CT molecular complexity index is 407. The molecule has 0 saturated carbocycles. The number of benzene rings is 1. The lowest BCUT2D eigenvalue weighted by Gasteiger charge is -2.30. The van der Waals surface area contributed by atoms with E-state index in [1.54, 1.807) is 0 Å². The molecule has 1 aromatic carbocycles. The molecule has 1 N–H and O–H groups in total. The molecular formula is C14H20N2O. The van der Waals surface area contributed by atoms with E-state index >= 15 is 0 Å². The Morgan fingerprint density at radius 2 is 2.12 bits per heavy atom. The summed E-state index contributed by atoms with van der Waals surface area (Å²) in [5.41, 5.74) is 2.81. The molecule has 0 amide bonds. The van der Waals surface area contributed by atoms with Gasteiger partial charge in [0, 0.05) is 19.2 Å². The van der Waals surface area contributed by atoms with Gasteiger partial charge in [-0.3, -0.25) is 0 Å². The average molecular weight is 232 g/mol. The van der Waals surface area contributed by atoms with Gasteiger partial charge in [-0.25, -0.2) is 0 Å². The molecule has 92 valence electrons. The number of aryl methyl sites for hydroxylation is 1. The van der Waals surface area contributed by atoms with Gasteiger partial charge in [0.1, 0.15) is 6.07 Å². The van der Waals surface area contributed by atoms with Crippen LogP contribution in [-0.4, -0.2) is 24.3 Å². The summed E-state index contributed by atoms with van der Waals surface area (Å²) in [5.74, 6) is 0. The summed E-state index contributed by atoms with van der Waals surface area (Å²) in [6.07, 6.45) is 0.719. The molecule has 0 radical (unpaired) electrons. The third kappa shape index (κ3) is 3.47. The SMILES string of the molecule is Cc1ccc(C#N)c(N(CCCO)C(C)C)c1. The van der Waals surface area contributed by atoms with Gasteiger partial charge in [-0.05, 0) is 44.9 Å². The molecule has 0 aromatic heterocycles. The van der Waals surface area contributed by atoms with E-state index in [-0.39, 0.29) is 6.61 Å². The molecule has 0 unspecified atom stereocenters. The van der Waals surface area contributed by atoms with Crippen LogP contribution < -0.4 is 4.90 Å². The Labute approximate surface area is 103 Å². The van der Waals surface area contributed by atoms with E-state index in [4.69, 9.17) is 10.4 Å². The molecule has 0 aliphatic carbocycles. The van der Waals surface area contributed by atoms with Gasteiger partial charge < -0.3 is 10.0 Å². The zero-order chi connectivity index (χ0) is 12.8. The summed E-state index contributed by atoms with van der Waals surface area (Å²) in [6.45, 7) is 7.17. The van der Waals surface area contributed by atoms with E-state index in [0.717, 1.165) is 24.2 Å². The van der Waals surface area contributed by atoms with Gasteiger partial charge in [-0.2, -0.15) is 5.26 Å². The maximum atomic E-state index is 9.14. The highest BCUT2D eigenvalue weighted by Gasteiger charge is 2.14. The number of rotatable bonds is 5. The molecule has 0 bridgehead atoms. The largest absolute Gasteiger partial charge is 0.396 e. The van der Waals surface area contributed by atoms with E-state index in [2.05, 4.69) is 24.8 Å². The molecule has 0 aliphatic rings. The second kappa shape index (κ2) is 6.27. The van der Waals surface area contributed by atoms with E-state index in [9.17, 15) is 0 Å². The predicted molar refractivity (Wildman–Crippen MR) is 70.1 cm³/mol. The number of anilines is 1. The van der Waals surface area contributed by atoms with Crippen molar-refractivity contribution in [2.45, 2.75) is 33.2 Å². The van der Waals surface area contributed by atoms with Gasteiger partial charge in [0.2, 0.25) is 0 Å². The maximum absolute atomic E-state index is 9.14. The summed E-state index contributed by atoms with van der Waals surface area (Å²) in [7, 11) is 0. The maximum Gasteiger partial charge on any atom is 0.101 e. The molecule has 0 spiro atoms. The van der Waals surface area contributed by atoms with Crippen LogP contribution in [0.2, 0.25) is 0 Å². The quantitative estimate of drug-likeness (QED) is 0.848. The fourth-order valence-corrected chi connectivity index (χ4v) is 1.87. The first-order chi connectivity index (χ1) is 8.10. The monoisotopic (exact) mass is 232 g/mol. The van der Waals surface area contributed by atoms with Crippen LogP contribution in [0.3, 0.4) is 0 Å². The topological polar surface area (TPSA) is 47.3 Å². The van der Waals surface area contributed by atoms with Crippen molar-refractivity contribution in [3.8, 4) is 6.07 Å². The highest BCUT2D eigenvalue weighted by Crippen LogP contribution is 2.23. The van der Waals surface area contributed by atoms with Gasteiger partial charge in [0.15, 0.2) is 0 Å². The van der Waals surface area contributed by atoms with Gasteiger partial charge >= 0.3 is 0 Å². The normalized spacial score (nSPS) is 10.4. The van der Waals surface area contributed by atoms with Gasteiger partial charge in [0.25, 0.3) is 0 Å². The summed E-state index contributed by atoms with van der Waals surface area (Å²) in [5, 5.41) is 18.1.